The van der Waals surface area contributed by atoms with E-state index < -0.39 is 0 Å². The molecule has 0 spiro atoms. The minimum atomic E-state index is -0.180. The number of ether oxygens (including phenoxy) is 1. The molecule has 0 aromatic carbocycles. The summed E-state index contributed by atoms with van der Waals surface area (Å²) in [5, 5.41) is 23.0. The fourth-order valence-corrected chi connectivity index (χ4v) is 2.09. The zero-order valence-corrected chi connectivity index (χ0v) is 12.7. The number of nitrogens with zero attached hydrogens (tertiary/aromatic N) is 1. The van der Waals surface area contributed by atoms with Crippen LogP contribution in [0.15, 0.2) is 11.0 Å². The first-order valence-corrected chi connectivity index (χ1v) is 6.50. The normalized spacial score (nSPS) is 20.5. The largest absolute Gasteiger partial charge is 0.400 e. The van der Waals surface area contributed by atoms with Crippen LogP contribution in [-0.4, -0.2) is 51.8 Å². The smallest absolute Gasteiger partial charge is 0.254 e. The number of aromatic amines is 1. The van der Waals surface area contributed by atoms with Crippen LogP contribution in [0.4, 0.5) is 0 Å². The number of aliphatic hydroxyl groups excluding tert-OH is 3. The summed E-state index contributed by atoms with van der Waals surface area (Å²) < 4.78 is 7.69. The van der Waals surface area contributed by atoms with Crippen LogP contribution in [0.5, 0.6) is 0 Å². The van der Waals surface area contributed by atoms with Gasteiger partial charge in [-0.1, -0.05) is 0 Å². The lowest BCUT2D eigenvalue weighted by molar-refractivity contribution is -0.0238. The minimum absolute atomic E-state index is 0.0200. The Morgan fingerprint density at radius 3 is 2.50 bits per heavy atom. The van der Waals surface area contributed by atoms with Crippen molar-refractivity contribution in [2.75, 3.05) is 20.8 Å². The van der Waals surface area contributed by atoms with E-state index in [-0.39, 0.29) is 24.5 Å². The van der Waals surface area contributed by atoms with E-state index in [1.165, 1.54) is 0 Å². The molecular weight excluding hydrogens is 284 g/mol. The molecule has 7 nitrogen and oxygen atoms in total. The van der Waals surface area contributed by atoms with E-state index in [4.69, 9.17) is 32.3 Å². The third kappa shape index (κ3) is 4.80. The van der Waals surface area contributed by atoms with Gasteiger partial charge in [0.1, 0.15) is 6.23 Å². The Balaban J connectivity index is 0.000000829. The van der Waals surface area contributed by atoms with E-state index in [0.29, 0.717) is 10.3 Å². The number of hydrogen-bond donors (Lipinski definition) is 4. The molecule has 8 heteroatoms. The van der Waals surface area contributed by atoms with E-state index in [1.54, 1.807) is 17.7 Å². The lowest BCUT2D eigenvalue weighted by atomic mass is 10.2. The molecule has 1 aliphatic heterocycles. The Labute approximate surface area is 122 Å². The predicted octanol–water partition coefficient (Wildman–Crippen LogP) is 0.101. The maximum absolute atomic E-state index is 11.3. The lowest BCUT2D eigenvalue weighted by Gasteiger charge is -2.16. The molecule has 20 heavy (non-hydrogen) atoms. The Morgan fingerprint density at radius 1 is 1.40 bits per heavy atom. The van der Waals surface area contributed by atoms with Crippen LogP contribution in [0.25, 0.3) is 0 Å². The molecule has 0 amide bonds. The number of aryl methyl sites for hydroxylation is 1. The average molecular weight is 306 g/mol. The van der Waals surface area contributed by atoms with E-state index >= 15 is 0 Å². The predicted molar refractivity (Wildman–Crippen MR) is 77.1 cm³/mol. The standard InChI is InChI=1S/C10H14N2O3S.2CH4O/c1-6-4-12(10(16)11-9(6)14)8-3-2-7(5-13)15-8;2*1-2/h4,7-8,13H,2-3,5H2,1H3,(H,11,14,16);2*2H,1H3. The summed E-state index contributed by atoms with van der Waals surface area (Å²) in [4.78, 5) is 13.9. The second kappa shape index (κ2) is 9.78. The molecule has 116 valence electrons. The van der Waals surface area contributed by atoms with E-state index in [1.807, 2.05) is 0 Å². The Morgan fingerprint density at radius 2 is 2.00 bits per heavy atom. The van der Waals surface area contributed by atoms with Gasteiger partial charge >= 0.3 is 0 Å². The van der Waals surface area contributed by atoms with Gasteiger partial charge in [-0.15, -0.1) is 0 Å². The van der Waals surface area contributed by atoms with Gasteiger partial charge in [0.15, 0.2) is 4.77 Å². The molecule has 2 heterocycles. The summed E-state index contributed by atoms with van der Waals surface area (Å²) in [6.45, 7) is 1.74. The highest BCUT2D eigenvalue weighted by molar-refractivity contribution is 7.71. The van der Waals surface area contributed by atoms with Gasteiger partial charge < -0.3 is 20.1 Å². The second-order valence-electron chi connectivity index (χ2n) is 3.95. The first-order valence-electron chi connectivity index (χ1n) is 6.09. The molecule has 1 saturated heterocycles. The topological polar surface area (TPSA) is 108 Å². The molecule has 1 aliphatic rings. The molecular formula is C12H22N2O5S. The molecule has 1 fully saturated rings. The van der Waals surface area contributed by atoms with Crippen molar-refractivity contribution in [1.82, 2.24) is 9.55 Å². The third-order valence-corrected chi connectivity index (χ3v) is 3.06. The molecule has 2 rings (SSSR count). The van der Waals surface area contributed by atoms with Crippen LogP contribution in [0.1, 0.15) is 24.6 Å². The van der Waals surface area contributed by atoms with Crippen molar-refractivity contribution in [2.24, 2.45) is 0 Å². The van der Waals surface area contributed by atoms with Gasteiger partial charge in [-0.3, -0.25) is 14.3 Å². The number of nitrogens with one attached hydrogen (secondary N) is 1. The molecule has 0 radical (unpaired) electrons. The van der Waals surface area contributed by atoms with Gasteiger partial charge in [0.05, 0.1) is 12.7 Å². The van der Waals surface area contributed by atoms with Crippen molar-refractivity contribution in [2.45, 2.75) is 32.1 Å². The van der Waals surface area contributed by atoms with Gasteiger partial charge in [0.25, 0.3) is 5.56 Å². The van der Waals surface area contributed by atoms with Crippen LogP contribution in [0, 0.1) is 11.7 Å². The number of aliphatic hydroxyl groups is 3. The van der Waals surface area contributed by atoms with Crippen LogP contribution >= 0.6 is 12.2 Å². The molecule has 1 aromatic heterocycles. The summed E-state index contributed by atoms with van der Waals surface area (Å²) in [6, 6.07) is 0. The number of hydrogen-bond acceptors (Lipinski definition) is 6. The SMILES string of the molecule is CO.CO.Cc1cn(C2CCC(CO)O2)c(=S)[nH]c1=O. The fraction of sp³-hybridized carbons (Fsp3) is 0.667. The first-order chi connectivity index (χ1) is 9.61. The van der Waals surface area contributed by atoms with Crippen LogP contribution < -0.4 is 5.56 Å². The molecule has 1 aromatic rings. The zero-order valence-electron chi connectivity index (χ0n) is 11.9. The maximum atomic E-state index is 11.3. The number of H-pyrrole nitrogens is 1. The summed E-state index contributed by atoms with van der Waals surface area (Å²) >= 11 is 5.08. The minimum Gasteiger partial charge on any atom is -0.400 e. The van der Waals surface area contributed by atoms with Crippen molar-refractivity contribution >= 4 is 12.2 Å². The Bertz CT molecular complexity index is 499. The van der Waals surface area contributed by atoms with Crippen LogP contribution in [-0.2, 0) is 4.74 Å². The summed E-state index contributed by atoms with van der Waals surface area (Å²) in [6.07, 6.45) is 3.00. The van der Waals surface area contributed by atoms with E-state index in [2.05, 4.69) is 4.98 Å². The van der Waals surface area contributed by atoms with Crippen molar-refractivity contribution in [1.29, 1.82) is 0 Å². The zero-order chi connectivity index (χ0) is 15.7. The lowest BCUT2D eigenvalue weighted by Crippen LogP contribution is -2.20. The van der Waals surface area contributed by atoms with Crippen molar-refractivity contribution in [3.63, 3.8) is 0 Å². The molecule has 4 N–H and O–H groups in total. The fourth-order valence-electron chi connectivity index (χ4n) is 1.83. The van der Waals surface area contributed by atoms with Gasteiger partial charge in [0, 0.05) is 26.0 Å². The highest BCUT2D eigenvalue weighted by atomic mass is 32.1. The highest BCUT2D eigenvalue weighted by Crippen LogP contribution is 2.27. The van der Waals surface area contributed by atoms with Crippen molar-refractivity contribution in [3.8, 4) is 0 Å². The van der Waals surface area contributed by atoms with Gasteiger partial charge in [-0.2, -0.15) is 0 Å². The summed E-state index contributed by atoms with van der Waals surface area (Å²) in [5.74, 6) is 0. The van der Waals surface area contributed by atoms with Gasteiger partial charge in [-0.05, 0) is 32.0 Å². The van der Waals surface area contributed by atoms with E-state index in [0.717, 1.165) is 27.1 Å². The molecule has 2 unspecified atom stereocenters. The van der Waals surface area contributed by atoms with Gasteiger partial charge in [-0.25, -0.2) is 0 Å². The molecule has 0 bridgehead atoms. The molecule has 0 saturated carbocycles. The summed E-state index contributed by atoms with van der Waals surface area (Å²) in [7, 11) is 2.00. The van der Waals surface area contributed by atoms with Crippen LogP contribution in [0.2, 0.25) is 0 Å². The van der Waals surface area contributed by atoms with Crippen molar-refractivity contribution in [3.05, 3.63) is 26.9 Å². The molecule has 0 aliphatic carbocycles. The number of rotatable bonds is 2. The van der Waals surface area contributed by atoms with Gasteiger partial charge in [0.2, 0.25) is 0 Å². The number of aromatic nitrogens is 2. The third-order valence-electron chi connectivity index (χ3n) is 2.74. The Kier molecular flexibility index (Phi) is 9.26. The highest BCUT2D eigenvalue weighted by Gasteiger charge is 2.26. The van der Waals surface area contributed by atoms with E-state index in [9.17, 15) is 4.79 Å². The monoisotopic (exact) mass is 306 g/mol. The average Bonchev–Trinajstić information content (AvgIpc) is 2.96. The maximum Gasteiger partial charge on any atom is 0.254 e. The summed E-state index contributed by atoms with van der Waals surface area (Å²) in [5.41, 5.74) is 0.433. The first kappa shape index (κ1) is 18.9. The quantitative estimate of drug-likeness (QED) is 0.577. The molecule has 2 atom stereocenters. The second-order valence-corrected chi connectivity index (χ2v) is 4.34. The van der Waals surface area contributed by atoms with Crippen molar-refractivity contribution < 1.29 is 20.1 Å². The van der Waals surface area contributed by atoms with Crippen LogP contribution in [0.3, 0.4) is 0 Å². The Hall–Kier alpha value is -1.06.